The van der Waals surface area contributed by atoms with Crippen LogP contribution in [-0.2, 0) is 15.4 Å². The summed E-state index contributed by atoms with van der Waals surface area (Å²) in [4.78, 5) is 0.264. The van der Waals surface area contributed by atoms with Gasteiger partial charge in [0.05, 0.1) is 4.90 Å². The van der Waals surface area contributed by atoms with Gasteiger partial charge in [-0.15, -0.1) is 11.8 Å². The molecular formula is C25H25NO2S. The molecule has 148 valence electrons. The van der Waals surface area contributed by atoms with Crippen LogP contribution in [0.2, 0.25) is 0 Å². The van der Waals surface area contributed by atoms with Crippen LogP contribution in [0.4, 0.5) is 0 Å². The number of sulfonamides is 1. The molecule has 0 aliphatic carbocycles. The first-order valence-electron chi connectivity index (χ1n) is 9.55. The van der Waals surface area contributed by atoms with Gasteiger partial charge in [-0.2, -0.15) is 0 Å². The first-order chi connectivity index (χ1) is 14.0. The molecule has 3 nitrogen and oxygen atoms in total. The predicted molar refractivity (Wildman–Crippen MR) is 118 cm³/mol. The molecule has 0 amide bonds. The quantitative estimate of drug-likeness (QED) is 0.583. The van der Waals surface area contributed by atoms with Crippen LogP contribution in [0.3, 0.4) is 0 Å². The number of aryl methyl sites for hydroxylation is 1. The van der Waals surface area contributed by atoms with Crippen LogP contribution in [0.5, 0.6) is 0 Å². The minimum absolute atomic E-state index is 0.214. The predicted octanol–water partition coefficient (Wildman–Crippen LogP) is 4.67. The largest absolute Gasteiger partial charge is 0.240 e. The Balaban J connectivity index is 2.05. The Hall–Kier alpha value is -2.87. The van der Waals surface area contributed by atoms with Crippen molar-refractivity contribution in [1.82, 2.24) is 4.72 Å². The van der Waals surface area contributed by atoms with Gasteiger partial charge in [0, 0.05) is 18.4 Å². The van der Waals surface area contributed by atoms with Crippen LogP contribution in [0, 0.1) is 18.8 Å². The monoisotopic (exact) mass is 403 g/mol. The van der Waals surface area contributed by atoms with Crippen molar-refractivity contribution in [3.8, 4) is 11.8 Å². The maximum Gasteiger partial charge on any atom is 0.240 e. The maximum atomic E-state index is 13.0. The molecule has 0 fully saturated rings. The van der Waals surface area contributed by atoms with Crippen LogP contribution in [0.1, 0.15) is 30.0 Å². The zero-order valence-corrected chi connectivity index (χ0v) is 17.5. The number of hydrogen-bond acceptors (Lipinski definition) is 2. The van der Waals surface area contributed by atoms with Crippen molar-refractivity contribution in [2.24, 2.45) is 0 Å². The van der Waals surface area contributed by atoms with Crippen molar-refractivity contribution in [2.75, 3.05) is 6.54 Å². The molecule has 3 aromatic rings. The Morgan fingerprint density at radius 1 is 0.828 bits per heavy atom. The minimum atomic E-state index is -3.65. The van der Waals surface area contributed by atoms with E-state index in [4.69, 9.17) is 0 Å². The second-order valence-electron chi connectivity index (χ2n) is 7.06. The summed E-state index contributed by atoms with van der Waals surface area (Å²) in [6.07, 6.45) is 0.508. The highest BCUT2D eigenvalue weighted by Gasteiger charge is 2.35. The number of benzene rings is 3. The molecule has 0 heterocycles. The first-order valence-corrected chi connectivity index (χ1v) is 11.0. The summed E-state index contributed by atoms with van der Waals surface area (Å²) in [7, 11) is -3.65. The fourth-order valence-electron chi connectivity index (χ4n) is 3.41. The van der Waals surface area contributed by atoms with Crippen molar-refractivity contribution in [3.05, 3.63) is 102 Å². The van der Waals surface area contributed by atoms with Gasteiger partial charge in [-0.3, -0.25) is 0 Å². The van der Waals surface area contributed by atoms with Crippen molar-refractivity contribution in [3.63, 3.8) is 0 Å². The minimum Gasteiger partial charge on any atom is -0.210 e. The SMILES string of the molecule is CC#CCC(CNS(=O)(=O)c1ccc(C)cc1)(c1ccccc1)c1ccccc1. The summed E-state index contributed by atoms with van der Waals surface area (Å²) >= 11 is 0. The van der Waals surface area contributed by atoms with E-state index in [0.29, 0.717) is 6.42 Å². The maximum absolute atomic E-state index is 13.0. The third-order valence-electron chi connectivity index (χ3n) is 5.11. The van der Waals surface area contributed by atoms with Gasteiger partial charge in [0.1, 0.15) is 0 Å². The number of rotatable bonds is 7. The molecule has 3 rings (SSSR count). The first kappa shape index (κ1) is 20.9. The van der Waals surface area contributed by atoms with Crippen molar-refractivity contribution < 1.29 is 8.42 Å². The Bertz CT molecular complexity index is 1050. The smallest absolute Gasteiger partial charge is 0.210 e. The van der Waals surface area contributed by atoms with Gasteiger partial charge >= 0.3 is 0 Å². The van der Waals surface area contributed by atoms with E-state index >= 15 is 0 Å². The number of hydrogen-bond donors (Lipinski definition) is 1. The molecule has 0 bridgehead atoms. The van der Waals surface area contributed by atoms with Gasteiger partial charge in [-0.05, 0) is 37.1 Å². The molecule has 0 saturated heterocycles. The molecule has 0 aliphatic heterocycles. The zero-order valence-electron chi connectivity index (χ0n) is 16.7. The Labute approximate surface area is 173 Å². The molecule has 3 aromatic carbocycles. The molecule has 0 atom stereocenters. The van der Waals surface area contributed by atoms with Gasteiger partial charge in [0.25, 0.3) is 0 Å². The van der Waals surface area contributed by atoms with E-state index in [9.17, 15) is 8.42 Å². The lowest BCUT2D eigenvalue weighted by Crippen LogP contribution is -2.41. The Morgan fingerprint density at radius 2 is 1.34 bits per heavy atom. The molecule has 0 saturated carbocycles. The van der Waals surface area contributed by atoms with Crippen molar-refractivity contribution in [1.29, 1.82) is 0 Å². The normalized spacial score (nSPS) is 11.5. The van der Waals surface area contributed by atoms with Gasteiger partial charge in [0.2, 0.25) is 10.0 Å². The standard InChI is InChI=1S/C25H25NO2S/c1-3-4-19-25(22-11-7-5-8-12-22,23-13-9-6-10-14-23)20-26-29(27,28)24-17-15-21(2)16-18-24/h5-18,26H,19-20H2,1-2H3. The third-order valence-corrected chi connectivity index (χ3v) is 6.53. The molecule has 0 radical (unpaired) electrons. The van der Waals surface area contributed by atoms with Gasteiger partial charge < -0.3 is 0 Å². The van der Waals surface area contributed by atoms with Crippen LogP contribution in [0.25, 0.3) is 0 Å². The molecule has 1 N–H and O–H groups in total. The van der Waals surface area contributed by atoms with Crippen molar-refractivity contribution in [2.45, 2.75) is 30.6 Å². The van der Waals surface area contributed by atoms with Crippen LogP contribution in [0.15, 0.2) is 89.8 Å². The summed E-state index contributed by atoms with van der Waals surface area (Å²) in [5.41, 5.74) is 2.48. The van der Waals surface area contributed by atoms with Gasteiger partial charge in [-0.25, -0.2) is 13.1 Å². The Kier molecular flexibility index (Phi) is 6.53. The zero-order chi connectivity index (χ0) is 20.7. The molecule has 29 heavy (non-hydrogen) atoms. The molecule has 0 spiro atoms. The van der Waals surface area contributed by atoms with E-state index in [-0.39, 0.29) is 11.4 Å². The highest BCUT2D eigenvalue weighted by molar-refractivity contribution is 7.89. The molecule has 0 aromatic heterocycles. The van der Waals surface area contributed by atoms with Crippen molar-refractivity contribution >= 4 is 10.0 Å². The van der Waals surface area contributed by atoms with E-state index in [1.807, 2.05) is 67.6 Å². The second-order valence-corrected chi connectivity index (χ2v) is 8.82. The molecule has 0 aliphatic rings. The summed E-state index contributed by atoms with van der Waals surface area (Å²) in [6, 6.07) is 26.8. The van der Waals surface area contributed by atoms with Crippen LogP contribution >= 0.6 is 0 Å². The van der Waals surface area contributed by atoms with Crippen LogP contribution < -0.4 is 4.72 Å². The van der Waals surface area contributed by atoms with E-state index in [1.54, 1.807) is 31.2 Å². The average molecular weight is 404 g/mol. The summed E-state index contributed by atoms with van der Waals surface area (Å²) in [6.45, 7) is 3.95. The van der Waals surface area contributed by atoms with E-state index < -0.39 is 15.4 Å². The van der Waals surface area contributed by atoms with E-state index in [0.717, 1.165) is 16.7 Å². The summed E-state index contributed by atoms with van der Waals surface area (Å²) in [5, 5.41) is 0. The average Bonchev–Trinajstić information content (AvgIpc) is 2.76. The van der Waals surface area contributed by atoms with E-state index in [1.165, 1.54) is 0 Å². The third kappa shape index (κ3) is 4.76. The lowest BCUT2D eigenvalue weighted by Gasteiger charge is -2.34. The molecular weight excluding hydrogens is 378 g/mol. The lowest BCUT2D eigenvalue weighted by atomic mass is 9.72. The highest BCUT2D eigenvalue weighted by Crippen LogP contribution is 2.35. The van der Waals surface area contributed by atoms with Crippen LogP contribution in [-0.4, -0.2) is 15.0 Å². The number of nitrogens with one attached hydrogen (secondary N) is 1. The molecule has 0 unspecified atom stereocenters. The summed E-state index contributed by atoms with van der Waals surface area (Å²) < 4.78 is 28.8. The highest BCUT2D eigenvalue weighted by atomic mass is 32.2. The topological polar surface area (TPSA) is 46.2 Å². The fourth-order valence-corrected chi connectivity index (χ4v) is 4.51. The fraction of sp³-hybridized carbons (Fsp3) is 0.200. The van der Waals surface area contributed by atoms with Gasteiger partial charge in [-0.1, -0.05) is 78.4 Å². The molecule has 4 heteroatoms. The van der Waals surface area contributed by atoms with Gasteiger partial charge in [0.15, 0.2) is 0 Å². The summed E-state index contributed by atoms with van der Waals surface area (Å²) in [5.74, 6) is 6.16. The Morgan fingerprint density at radius 3 is 1.83 bits per heavy atom. The lowest BCUT2D eigenvalue weighted by molar-refractivity contribution is 0.504. The van der Waals surface area contributed by atoms with E-state index in [2.05, 4.69) is 16.6 Å². The second kappa shape index (κ2) is 9.09.